The molecule has 0 aromatic heterocycles. The molecule has 0 atom stereocenters. The molecule has 2 rings (SSSR count). The van der Waals surface area contributed by atoms with Crippen LogP contribution in [0.3, 0.4) is 0 Å². The van der Waals surface area contributed by atoms with Crippen molar-refractivity contribution in [3.8, 4) is 0 Å². The highest BCUT2D eigenvalue weighted by Crippen LogP contribution is 2.28. The molecule has 0 saturated heterocycles. The Hall–Kier alpha value is -2.30. The number of carbonyl (C=O) groups excluding carboxylic acids is 2. The fourth-order valence-electron chi connectivity index (χ4n) is 2.32. The first-order valence-corrected chi connectivity index (χ1v) is 6.36. The van der Waals surface area contributed by atoms with Gasteiger partial charge in [-0.1, -0.05) is 30.3 Å². The van der Waals surface area contributed by atoms with Crippen LogP contribution in [0.15, 0.2) is 35.9 Å². The van der Waals surface area contributed by atoms with E-state index in [1.54, 1.807) is 0 Å². The van der Waals surface area contributed by atoms with Crippen molar-refractivity contribution in [1.82, 2.24) is 4.90 Å². The van der Waals surface area contributed by atoms with E-state index in [4.69, 9.17) is 9.47 Å². The minimum absolute atomic E-state index is 0.212. The number of methoxy groups -OCH3 is 2. The molecular weight excluding hydrogens is 258 g/mol. The van der Waals surface area contributed by atoms with Crippen molar-refractivity contribution in [2.24, 2.45) is 0 Å². The maximum absolute atomic E-state index is 11.9. The number of amides is 1. The lowest BCUT2D eigenvalue weighted by atomic mass is 9.93. The third-order valence-electron chi connectivity index (χ3n) is 3.33. The van der Waals surface area contributed by atoms with Crippen molar-refractivity contribution in [3.05, 3.63) is 41.5 Å². The van der Waals surface area contributed by atoms with Crippen molar-refractivity contribution in [1.29, 1.82) is 0 Å². The van der Waals surface area contributed by atoms with Crippen LogP contribution in [0.2, 0.25) is 0 Å². The number of carbonyl (C=O) groups is 2. The van der Waals surface area contributed by atoms with Crippen molar-refractivity contribution in [2.75, 3.05) is 27.3 Å². The smallest absolute Gasteiger partial charge is 0.409 e. The zero-order valence-corrected chi connectivity index (χ0v) is 11.6. The van der Waals surface area contributed by atoms with Gasteiger partial charge in [0.15, 0.2) is 0 Å². The molecule has 5 nitrogen and oxygen atoms in total. The molecule has 0 spiro atoms. The Morgan fingerprint density at radius 3 is 2.40 bits per heavy atom. The summed E-state index contributed by atoms with van der Waals surface area (Å²) in [5, 5.41) is 0. The normalized spacial score (nSPS) is 15.0. The highest BCUT2D eigenvalue weighted by Gasteiger charge is 2.28. The van der Waals surface area contributed by atoms with Crippen molar-refractivity contribution >= 4 is 17.6 Å². The van der Waals surface area contributed by atoms with Crippen LogP contribution in [0, 0.1) is 0 Å². The number of nitrogens with zero attached hydrogens (tertiary/aromatic N) is 1. The summed E-state index contributed by atoms with van der Waals surface area (Å²) in [5.41, 5.74) is 2.42. The summed E-state index contributed by atoms with van der Waals surface area (Å²) in [5.74, 6) is -0.405. The molecular formula is C15H17NO4. The Labute approximate surface area is 117 Å². The van der Waals surface area contributed by atoms with E-state index in [9.17, 15) is 9.59 Å². The Morgan fingerprint density at radius 1 is 1.10 bits per heavy atom. The molecule has 20 heavy (non-hydrogen) atoms. The first-order valence-electron chi connectivity index (χ1n) is 6.36. The molecule has 0 radical (unpaired) electrons. The summed E-state index contributed by atoms with van der Waals surface area (Å²) in [6.07, 6.45) is 0.169. The lowest BCUT2D eigenvalue weighted by molar-refractivity contribution is -0.136. The van der Waals surface area contributed by atoms with Crippen LogP contribution in [-0.2, 0) is 14.3 Å². The van der Waals surface area contributed by atoms with Gasteiger partial charge >= 0.3 is 12.1 Å². The summed E-state index contributed by atoms with van der Waals surface area (Å²) in [4.78, 5) is 25.0. The Bertz CT molecular complexity index is 536. The van der Waals surface area contributed by atoms with E-state index in [-0.39, 0.29) is 6.54 Å². The molecule has 1 aromatic rings. The molecule has 106 valence electrons. The van der Waals surface area contributed by atoms with Crippen LogP contribution < -0.4 is 0 Å². The second-order valence-corrected chi connectivity index (χ2v) is 4.46. The Balaban J connectivity index is 2.37. The van der Waals surface area contributed by atoms with Gasteiger partial charge in [-0.25, -0.2) is 9.59 Å². The molecule has 1 aliphatic heterocycles. The van der Waals surface area contributed by atoms with Gasteiger partial charge in [0.1, 0.15) is 0 Å². The van der Waals surface area contributed by atoms with Gasteiger partial charge in [-0.15, -0.1) is 0 Å². The number of ether oxygens (including phenoxy) is 2. The molecule has 0 fully saturated rings. The monoisotopic (exact) mass is 275 g/mol. The van der Waals surface area contributed by atoms with E-state index in [0.29, 0.717) is 18.5 Å². The molecule has 0 N–H and O–H groups in total. The zero-order chi connectivity index (χ0) is 14.5. The van der Waals surface area contributed by atoms with Gasteiger partial charge in [-0.3, -0.25) is 0 Å². The summed E-state index contributed by atoms with van der Waals surface area (Å²) in [7, 11) is 2.67. The molecule has 0 aliphatic carbocycles. The van der Waals surface area contributed by atoms with E-state index in [2.05, 4.69) is 0 Å². The topological polar surface area (TPSA) is 55.8 Å². The standard InChI is InChI=1S/C15H17NO4/c1-19-14(17)13-10-16(15(18)20-2)9-8-12(13)11-6-4-3-5-7-11/h3-7H,8-10H2,1-2H3. The predicted octanol–water partition coefficient (Wildman–Crippen LogP) is 2.09. The predicted molar refractivity (Wildman–Crippen MR) is 74.0 cm³/mol. The van der Waals surface area contributed by atoms with Crippen molar-refractivity contribution < 1.29 is 19.1 Å². The third-order valence-corrected chi connectivity index (χ3v) is 3.33. The second kappa shape index (κ2) is 6.23. The van der Waals surface area contributed by atoms with E-state index in [1.165, 1.54) is 19.1 Å². The summed E-state index contributed by atoms with van der Waals surface area (Å²) >= 11 is 0. The molecule has 1 amide bonds. The number of hydrogen-bond donors (Lipinski definition) is 0. The van der Waals surface area contributed by atoms with E-state index in [1.807, 2.05) is 30.3 Å². The average Bonchev–Trinajstić information content (AvgIpc) is 2.53. The molecule has 0 unspecified atom stereocenters. The highest BCUT2D eigenvalue weighted by molar-refractivity contribution is 5.99. The minimum atomic E-state index is -0.432. The minimum Gasteiger partial charge on any atom is -0.466 e. The van der Waals surface area contributed by atoms with Gasteiger partial charge in [-0.05, 0) is 17.6 Å². The Kier molecular flexibility index (Phi) is 4.40. The van der Waals surface area contributed by atoms with Crippen LogP contribution >= 0.6 is 0 Å². The maximum atomic E-state index is 11.9. The molecule has 0 bridgehead atoms. The van der Waals surface area contributed by atoms with Crippen LogP contribution in [0.1, 0.15) is 12.0 Å². The van der Waals surface area contributed by atoms with Gasteiger partial charge in [0.25, 0.3) is 0 Å². The van der Waals surface area contributed by atoms with E-state index in [0.717, 1.165) is 11.1 Å². The molecule has 0 saturated carbocycles. The van der Waals surface area contributed by atoms with Crippen LogP contribution in [0.4, 0.5) is 4.79 Å². The van der Waals surface area contributed by atoms with Gasteiger partial charge in [0.2, 0.25) is 0 Å². The quantitative estimate of drug-likeness (QED) is 0.775. The summed E-state index contributed by atoms with van der Waals surface area (Å²) in [6.45, 7) is 0.737. The van der Waals surface area contributed by atoms with Crippen LogP contribution in [0.5, 0.6) is 0 Å². The third kappa shape index (κ3) is 2.82. The number of esters is 1. The summed E-state index contributed by atoms with van der Waals surface area (Å²) in [6, 6.07) is 9.66. The Morgan fingerprint density at radius 2 is 1.80 bits per heavy atom. The van der Waals surface area contributed by atoms with Gasteiger partial charge in [0, 0.05) is 6.54 Å². The van der Waals surface area contributed by atoms with Crippen molar-refractivity contribution in [3.63, 3.8) is 0 Å². The first-order chi connectivity index (χ1) is 9.67. The highest BCUT2D eigenvalue weighted by atomic mass is 16.5. The van der Waals surface area contributed by atoms with Gasteiger partial charge in [0.05, 0.1) is 26.3 Å². The van der Waals surface area contributed by atoms with Crippen molar-refractivity contribution in [2.45, 2.75) is 6.42 Å². The van der Waals surface area contributed by atoms with E-state index >= 15 is 0 Å². The summed E-state index contributed by atoms with van der Waals surface area (Å²) < 4.78 is 9.53. The number of rotatable bonds is 2. The van der Waals surface area contributed by atoms with Crippen LogP contribution in [-0.4, -0.2) is 44.3 Å². The number of hydrogen-bond acceptors (Lipinski definition) is 4. The maximum Gasteiger partial charge on any atom is 0.409 e. The lowest BCUT2D eigenvalue weighted by Gasteiger charge is -2.29. The van der Waals surface area contributed by atoms with Gasteiger partial charge in [-0.2, -0.15) is 0 Å². The fraction of sp³-hybridized carbons (Fsp3) is 0.333. The molecule has 1 aromatic carbocycles. The van der Waals surface area contributed by atoms with Gasteiger partial charge < -0.3 is 14.4 Å². The fourth-order valence-corrected chi connectivity index (χ4v) is 2.32. The SMILES string of the molecule is COC(=O)C1=C(c2ccccc2)CCN(C(=O)OC)C1. The molecule has 1 heterocycles. The molecule has 5 heteroatoms. The average molecular weight is 275 g/mol. The second-order valence-electron chi connectivity index (χ2n) is 4.46. The van der Waals surface area contributed by atoms with Crippen LogP contribution in [0.25, 0.3) is 5.57 Å². The lowest BCUT2D eigenvalue weighted by Crippen LogP contribution is -2.38. The molecule has 1 aliphatic rings. The largest absolute Gasteiger partial charge is 0.466 e. The van der Waals surface area contributed by atoms with E-state index < -0.39 is 12.1 Å². The first kappa shape index (κ1) is 14.1. The number of benzene rings is 1. The zero-order valence-electron chi connectivity index (χ0n) is 11.6.